The normalized spacial score (nSPS) is 11.6. The smallest absolute Gasteiger partial charge is 0.240 e. The highest BCUT2D eigenvalue weighted by molar-refractivity contribution is 7.89. The Bertz CT molecular complexity index is 459. The Hall–Kier alpha value is -1.11. The van der Waals surface area contributed by atoms with Gasteiger partial charge in [0.25, 0.3) is 0 Å². The summed E-state index contributed by atoms with van der Waals surface area (Å²) in [7, 11) is -3.54. The molecule has 0 aliphatic rings. The second-order valence-electron chi connectivity index (χ2n) is 3.86. The number of sulfonamides is 1. The summed E-state index contributed by atoms with van der Waals surface area (Å²) in [5.41, 5.74) is 0. The Kier molecular flexibility index (Phi) is 6.11. The van der Waals surface area contributed by atoms with E-state index in [1.807, 2.05) is 6.92 Å². The fourth-order valence-electron chi connectivity index (χ4n) is 1.36. The number of phenolic OH excluding ortho intramolecular Hbond substituents is 1. The van der Waals surface area contributed by atoms with Gasteiger partial charge < -0.3 is 9.84 Å². The standard InChI is InChI=1S/C12H19NO4S/c1-2-8-17-9-4-7-13-18(15,16)12-6-3-5-11(14)10-12/h3,5-6,10,13-14H,2,4,7-9H2,1H3. The molecule has 0 unspecified atom stereocenters. The van der Waals surface area contributed by atoms with Crippen LogP contribution in [-0.4, -0.2) is 33.3 Å². The molecule has 0 fully saturated rings. The van der Waals surface area contributed by atoms with Crippen molar-refractivity contribution in [3.05, 3.63) is 24.3 Å². The van der Waals surface area contributed by atoms with Gasteiger partial charge in [-0.15, -0.1) is 0 Å². The summed E-state index contributed by atoms with van der Waals surface area (Å²) >= 11 is 0. The van der Waals surface area contributed by atoms with Gasteiger partial charge in [-0.25, -0.2) is 13.1 Å². The minimum absolute atomic E-state index is 0.0656. The maximum Gasteiger partial charge on any atom is 0.240 e. The Morgan fingerprint density at radius 3 is 2.78 bits per heavy atom. The minimum Gasteiger partial charge on any atom is -0.508 e. The molecule has 0 spiro atoms. The zero-order chi connectivity index (χ0) is 13.4. The van der Waals surface area contributed by atoms with E-state index in [4.69, 9.17) is 4.74 Å². The lowest BCUT2D eigenvalue weighted by Gasteiger charge is -2.07. The molecule has 1 rings (SSSR count). The Morgan fingerprint density at radius 1 is 1.33 bits per heavy atom. The lowest BCUT2D eigenvalue weighted by atomic mass is 10.3. The van der Waals surface area contributed by atoms with Gasteiger partial charge in [0, 0.05) is 19.8 Å². The largest absolute Gasteiger partial charge is 0.508 e. The van der Waals surface area contributed by atoms with E-state index in [1.165, 1.54) is 24.3 Å². The van der Waals surface area contributed by atoms with Crippen molar-refractivity contribution in [3.8, 4) is 5.75 Å². The predicted molar refractivity (Wildman–Crippen MR) is 69.0 cm³/mol. The molecule has 0 saturated heterocycles. The van der Waals surface area contributed by atoms with Gasteiger partial charge in [-0.3, -0.25) is 0 Å². The SMILES string of the molecule is CCCOCCCNS(=O)(=O)c1cccc(O)c1. The summed E-state index contributed by atoms with van der Waals surface area (Å²) in [6.45, 7) is 3.57. The first-order valence-electron chi connectivity index (χ1n) is 5.92. The fraction of sp³-hybridized carbons (Fsp3) is 0.500. The van der Waals surface area contributed by atoms with Crippen LogP contribution in [0.1, 0.15) is 19.8 Å². The molecular formula is C12H19NO4S. The van der Waals surface area contributed by atoms with Gasteiger partial charge >= 0.3 is 0 Å². The predicted octanol–water partition coefficient (Wildman–Crippen LogP) is 1.49. The summed E-state index contributed by atoms with van der Waals surface area (Å²) in [6.07, 6.45) is 1.58. The number of hydrogen-bond donors (Lipinski definition) is 2. The molecule has 0 heterocycles. The number of nitrogens with one attached hydrogen (secondary N) is 1. The van der Waals surface area contributed by atoms with Crippen LogP contribution in [0.3, 0.4) is 0 Å². The van der Waals surface area contributed by atoms with Crippen molar-refractivity contribution in [2.45, 2.75) is 24.7 Å². The van der Waals surface area contributed by atoms with E-state index in [2.05, 4.69) is 4.72 Å². The van der Waals surface area contributed by atoms with E-state index in [9.17, 15) is 13.5 Å². The number of phenols is 1. The lowest BCUT2D eigenvalue weighted by Crippen LogP contribution is -2.25. The number of rotatable bonds is 8. The van der Waals surface area contributed by atoms with Crippen molar-refractivity contribution >= 4 is 10.0 Å². The van der Waals surface area contributed by atoms with Gasteiger partial charge in [0.05, 0.1) is 4.90 Å². The van der Waals surface area contributed by atoms with E-state index < -0.39 is 10.0 Å². The second-order valence-corrected chi connectivity index (χ2v) is 5.63. The van der Waals surface area contributed by atoms with Crippen LogP contribution in [0.25, 0.3) is 0 Å². The third kappa shape index (κ3) is 5.03. The maximum absolute atomic E-state index is 11.8. The molecule has 0 bridgehead atoms. The van der Waals surface area contributed by atoms with Crippen LogP contribution in [0, 0.1) is 0 Å². The van der Waals surface area contributed by atoms with Crippen LogP contribution in [0.5, 0.6) is 5.75 Å². The van der Waals surface area contributed by atoms with Gasteiger partial charge in [-0.1, -0.05) is 13.0 Å². The van der Waals surface area contributed by atoms with E-state index in [1.54, 1.807) is 0 Å². The van der Waals surface area contributed by atoms with Gasteiger partial charge in [0.2, 0.25) is 10.0 Å². The van der Waals surface area contributed by atoms with Gasteiger partial charge in [0.15, 0.2) is 0 Å². The molecule has 0 atom stereocenters. The Labute approximate surface area is 108 Å². The molecule has 0 saturated carbocycles. The van der Waals surface area contributed by atoms with Crippen molar-refractivity contribution in [1.29, 1.82) is 0 Å². The van der Waals surface area contributed by atoms with Gasteiger partial charge in [-0.2, -0.15) is 0 Å². The first-order chi connectivity index (χ1) is 8.56. The number of aromatic hydroxyl groups is 1. The average Bonchev–Trinajstić information content (AvgIpc) is 2.33. The molecule has 0 aliphatic heterocycles. The lowest BCUT2D eigenvalue weighted by molar-refractivity contribution is 0.133. The molecule has 0 aromatic heterocycles. The molecule has 2 N–H and O–H groups in total. The van der Waals surface area contributed by atoms with E-state index in [-0.39, 0.29) is 10.6 Å². The molecule has 0 radical (unpaired) electrons. The molecule has 1 aromatic carbocycles. The molecule has 5 nitrogen and oxygen atoms in total. The van der Waals surface area contributed by atoms with Gasteiger partial charge in [-0.05, 0) is 31.0 Å². The van der Waals surface area contributed by atoms with Crippen LogP contribution in [0.2, 0.25) is 0 Å². The zero-order valence-electron chi connectivity index (χ0n) is 10.4. The summed E-state index contributed by atoms with van der Waals surface area (Å²) in [6, 6.07) is 5.58. The number of ether oxygens (including phenoxy) is 1. The molecule has 0 aliphatic carbocycles. The first kappa shape index (κ1) is 14.9. The molecule has 0 amide bonds. The van der Waals surface area contributed by atoms with E-state index >= 15 is 0 Å². The van der Waals surface area contributed by atoms with Crippen LogP contribution < -0.4 is 4.72 Å². The third-order valence-corrected chi connectivity index (χ3v) is 3.69. The monoisotopic (exact) mass is 273 g/mol. The van der Waals surface area contributed by atoms with Crippen LogP contribution in [0.4, 0.5) is 0 Å². The number of benzene rings is 1. The highest BCUT2D eigenvalue weighted by Gasteiger charge is 2.13. The quantitative estimate of drug-likeness (QED) is 0.704. The van der Waals surface area contributed by atoms with Gasteiger partial charge in [0.1, 0.15) is 5.75 Å². The van der Waals surface area contributed by atoms with Crippen molar-refractivity contribution in [1.82, 2.24) is 4.72 Å². The topological polar surface area (TPSA) is 75.6 Å². The van der Waals surface area contributed by atoms with Crippen LogP contribution in [-0.2, 0) is 14.8 Å². The molecule has 6 heteroatoms. The van der Waals surface area contributed by atoms with E-state index in [0.29, 0.717) is 26.2 Å². The summed E-state index contributed by atoms with van der Waals surface area (Å²) in [4.78, 5) is 0.0666. The third-order valence-electron chi connectivity index (χ3n) is 2.23. The van der Waals surface area contributed by atoms with E-state index in [0.717, 1.165) is 6.42 Å². The summed E-state index contributed by atoms with van der Waals surface area (Å²) < 4.78 is 31.3. The fourth-order valence-corrected chi connectivity index (χ4v) is 2.47. The second kappa shape index (κ2) is 7.35. The Balaban J connectivity index is 2.41. The van der Waals surface area contributed by atoms with Crippen molar-refractivity contribution in [2.24, 2.45) is 0 Å². The van der Waals surface area contributed by atoms with Crippen molar-refractivity contribution < 1.29 is 18.3 Å². The average molecular weight is 273 g/mol. The maximum atomic E-state index is 11.8. The molecular weight excluding hydrogens is 254 g/mol. The summed E-state index contributed by atoms with van der Waals surface area (Å²) in [5.74, 6) is -0.0656. The van der Waals surface area contributed by atoms with Crippen LogP contribution >= 0.6 is 0 Å². The first-order valence-corrected chi connectivity index (χ1v) is 7.41. The molecule has 102 valence electrons. The number of hydrogen-bond acceptors (Lipinski definition) is 4. The molecule has 18 heavy (non-hydrogen) atoms. The zero-order valence-corrected chi connectivity index (χ0v) is 11.2. The van der Waals surface area contributed by atoms with Crippen molar-refractivity contribution in [2.75, 3.05) is 19.8 Å². The van der Waals surface area contributed by atoms with Crippen molar-refractivity contribution in [3.63, 3.8) is 0 Å². The molecule has 1 aromatic rings. The Morgan fingerprint density at radius 2 is 2.11 bits per heavy atom. The summed E-state index contributed by atoms with van der Waals surface area (Å²) in [5, 5.41) is 9.23. The highest BCUT2D eigenvalue weighted by atomic mass is 32.2. The minimum atomic E-state index is -3.54. The van der Waals surface area contributed by atoms with Crippen LogP contribution in [0.15, 0.2) is 29.2 Å². The highest BCUT2D eigenvalue weighted by Crippen LogP contribution is 2.15.